The minimum Gasteiger partial charge on any atom is -0.493 e. The number of pyridine rings is 1. The summed E-state index contributed by atoms with van der Waals surface area (Å²) in [6.45, 7) is 0. The van der Waals surface area contributed by atoms with Gasteiger partial charge in [0.1, 0.15) is 29.6 Å². The van der Waals surface area contributed by atoms with Gasteiger partial charge in [-0.25, -0.2) is 14.4 Å². The fourth-order valence-corrected chi connectivity index (χ4v) is 4.24. The molecule has 0 spiro atoms. The number of ether oxygens (including phenoxy) is 1. The highest BCUT2D eigenvalue weighted by molar-refractivity contribution is 5.89. The van der Waals surface area contributed by atoms with E-state index in [-0.39, 0.29) is 5.82 Å². The quantitative estimate of drug-likeness (QED) is 0.316. The van der Waals surface area contributed by atoms with Crippen molar-refractivity contribution >= 4 is 17.4 Å². The van der Waals surface area contributed by atoms with Crippen LogP contribution in [0.3, 0.4) is 0 Å². The highest BCUT2D eigenvalue weighted by atomic mass is 19.1. The normalized spacial score (nSPS) is 13.3. The first-order valence-corrected chi connectivity index (χ1v) is 11.1. The van der Waals surface area contributed by atoms with Crippen molar-refractivity contribution in [2.45, 2.75) is 18.8 Å². The Labute approximate surface area is 199 Å². The second kappa shape index (κ2) is 8.12. The number of halogens is 1. The minimum absolute atomic E-state index is 0.312. The third-order valence-corrected chi connectivity index (χ3v) is 6.14. The van der Waals surface area contributed by atoms with Crippen molar-refractivity contribution in [1.29, 1.82) is 0 Å². The molecule has 1 saturated carbocycles. The topological polar surface area (TPSA) is 95.9 Å². The Balaban J connectivity index is 1.55. The number of benzene rings is 2. The Morgan fingerprint density at radius 1 is 1.11 bits per heavy atom. The second-order valence-corrected chi connectivity index (χ2v) is 8.60. The van der Waals surface area contributed by atoms with Gasteiger partial charge in [-0.3, -0.25) is 4.79 Å². The smallest absolute Gasteiger partial charge is 0.246 e. The molecule has 0 radical (unpaired) electrons. The van der Waals surface area contributed by atoms with Crippen molar-refractivity contribution < 1.29 is 18.3 Å². The largest absolute Gasteiger partial charge is 0.493 e. The van der Waals surface area contributed by atoms with Crippen LogP contribution in [0.5, 0.6) is 5.75 Å². The van der Waals surface area contributed by atoms with Crippen LogP contribution in [0.2, 0.25) is 0 Å². The van der Waals surface area contributed by atoms with Crippen LogP contribution in [-0.4, -0.2) is 38.1 Å². The van der Waals surface area contributed by atoms with Gasteiger partial charge in [0.25, 0.3) is 0 Å². The number of carbonyl (C=O) groups excluding carboxylic acids is 1. The van der Waals surface area contributed by atoms with Crippen LogP contribution < -0.4 is 4.74 Å². The van der Waals surface area contributed by atoms with E-state index in [0.717, 1.165) is 35.9 Å². The lowest BCUT2D eigenvalue weighted by Crippen LogP contribution is -1.97. The van der Waals surface area contributed by atoms with Crippen molar-refractivity contribution in [3.8, 4) is 39.8 Å². The Morgan fingerprint density at radius 3 is 2.69 bits per heavy atom. The number of aldehydes is 1. The predicted octanol–water partition coefficient (Wildman–Crippen LogP) is 5.19. The van der Waals surface area contributed by atoms with Gasteiger partial charge in [0, 0.05) is 29.8 Å². The Bertz CT molecular complexity index is 1600. The van der Waals surface area contributed by atoms with Gasteiger partial charge in [0.2, 0.25) is 5.89 Å². The molecule has 1 aliphatic carbocycles. The molecular weight excluding hydrogens is 449 g/mol. The Morgan fingerprint density at radius 2 is 1.97 bits per heavy atom. The number of hydrogen-bond donors (Lipinski definition) is 0. The highest BCUT2D eigenvalue weighted by Crippen LogP contribution is 2.43. The molecule has 2 aromatic carbocycles. The van der Waals surface area contributed by atoms with Gasteiger partial charge < -0.3 is 13.7 Å². The number of oxazole rings is 1. The van der Waals surface area contributed by atoms with E-state index < -0.39 is 0 Å². The molecule has 5 aromatic rings. The molecule has 8 nitrogen and oxygen atoms in total. The van der Waals surface area contributed by atoms with Crippen LogP contribution in [0.25, 0.3) is 45.2 Å². The van der Waals surface area contributed by atoms with Crippen molar-refractivity contribution in [3.63, 3.8) is 0 Å². The van der Waals surface area contributed by atoms with Crippen LogP contribution in [0.15, 0.2) is 53.2 Å². The second-order valence-electron chi connectivity index (χ2n) is 8.60. The first kappa shape index (κ1) is 21.2. The van der Waals surface area contributed by atoms with E-state index >= 15 is 0 Å². The lowest BCUT2D eigenvalue weighted by Gasteiger charge is -2.12. The SMILES string of the molecule is COc1cc(C=O)cc2nc(-c3cc(-c4ccc(F)cc4-c4nncn4C)cc(C4CC4)n3)oc12. The molecule has 174 valence electrons. The molecule has 1 fully saturated rings. The number of hydrogen-bond acceptors (Lipinski definition) is 7. The fraction of sp³-hybridized carbons (Fsp3) is 0.192. The maximum absolute atomic E-state index is 14.3. The zero-order valence-electron chi connectivity index (χ0n) is 19.0. The molecule has 0 N–H and O–H groups in total. The number of aromatic nitrogens is 5. The maximum Gasteiger partial charge on any atom is 0.246 e. The zero-order chi connectivity index (χ0) is 24.1. The van der Waals surface area contributed by atoms with Gasteiger partial charge in [0.05, 0.1) is 7.11 Å². The first-order valence-electron chi connectivity index (χ1n) is 11.1. The van der Waals surface area contributed by atoms with E-state index in [0.29, 0.717) is 51.3 Å². The lowest BCUT2D eigenvalue weighted by molar-refractivity contribution is 0.112. The van der Waals surface area contributed by atoms with E-state index in [1.807, 2.05) is 19.2 Å². The van der Waals surface area contributed by atoms with Gasteiger partial charge in [0.15, 0.2) is 17.2 Å². The van der Waals surface area contributed by atoms with Gasteiger partial charge in [-0.15, -0.1) is 10.2 Å². The molecule has 6 rings (SSSR count). The van der Waals surface area contributed by atoms with E-state index in [1.165, 1.54) is 19.2 Å². The average molecular weight is 469 g/mol. The van der Waals surface area contributed by atoms with E-state index in [2.05, 4.69) is 15.2 Å². The van der Waals surface area contributed by atoms with Crippen LogP contribution in [0, 0.1) is 5.82 Å². The van der Waals surface area contributed by atoms with E-state index in [4.69, 9.17) is 14.1 Å². The minimum atomic E-state index is -0.361. The molecule has 0 unspecified atom stereocenters. The third-order valence-electron chi connectivity index (χ3n) is 6.14. The third kappa shape index (κ3) is 3.74. The van der Waals surface area contributed by atoms with Crippen LogP contribution in [-0.2, 0) is 7.05 Å². The number of aryl methyl sites for hydroxylation is 1. The lowest BCUT2D eigenvalue weighted by atomic mass is 9.97. The molecule has 0 amide bonds. The molecule has 1 aliphatic rings. The van der Waals surface area contributed by atoms with Gasteiger partial charge >= 0.3 is 0 Å². The molecule has 9 heteroatoms. The number of fused-ring (bicyclic) bond motifs is 1. The first-order chi connectivity index (χ1) is 17.0. The summed E-state index contributed by atoms with van der Waals surface area (Å²) in [4.78, 5) is 20.8. The molecule has 0 aliphatic heterocycles. The molecule has 35 heavy (non-hydrogen) atoms. The van der Waals surface area contributed by atoms with Gasteiger partial charge in [-0.05, 0) is 60.4 Å². The summed E-state index contributed by atoms with van der Waals surface area (Å²) in [7, 11) is 3.33. The number of carbonyl (C=O) groups is 1. The summed E-state index contributed by atoms with van der Waals surface area (Å²) in [6.07, 6.45) is 4.43. The van der Waals surface area contributed by atoms with Crippen LogP contribution in [0.1, 0.15) is 34.8 Å². The standard InChI is InChI=1S/C26H20FN5O3/c1-32-13-28-31-25(32)19-11-17(27)5-6-18(19)16-9-20(15-3-4-15)29-22(10-16)26-30-21-7-14(12-33)8-23(34-2)24(21)35-26/h5-13,15H,3-4H2,1-2H3. The molecule has 3 heterocycles. The highest BCUT2D eigenvalue weighted by Gasteiger charge is 2.27. The van der Waals surface area contributed by atoms with Crippen molar-refractivity contribution in [3.05, 3.63) is 65.9 Å². The summed E-state index contributed by atoms with van der Waals surface area (Å²) in [5.41, 5.74) is 5.12. The molecule has 0 atom stereocenters. The maximum atomic E-state index is 14.3. The van der Waals surface area contributed by atoms with E-state index in [9.17, 15) is 9.18 Å². The summed E-state index contributed by atoms with van der Waals surface area (Å²) < 4.78 is 27.5. The average Bonchev–Trinajstić information content (AvgIpc) is 3.50. The summed E-state index contributed by atoms with van der Waals surface area (Å²) in [5.74, 6) is 1.28. The summed E-state index contributed by atoms with van der Waals surface area (Å²) in [6, 6.07) is 11.8. The van der Waals surface area contributed by atoms with E-state index in [1.54, 1.807) is 29.1 Å². The molecular formula is C26H20FN5O3. The Hall–Kier alpha value is -4.40. The van der Waals surface area contributed by atoms with Crippen molar-refractivity contribution in [2.75, 3.05) is 7.11 Å². The van der Waals surface area contributed by atoms with Crippen LogP contribution in [0.4, 0.5) is 4.39 Å². The van der Waals surface area contributed by atoms with Crippen LogP contribution >= 0.6 is 0 Å². The fourth-order valence-electron chi connectivity index (χ4n) is 4.24. The Kier molecular flexibility index (Phi) is 4.91. The molecule has 3 aromatic heterocycles. The number of nitrogens with zero attached hydrogens (tertiary/aromatic N) is 5. The van der Waals surface area contributed by atoms with Gasteiger partial charge in [-0.2, -0.15) is 0 Å². The monoisotopic (exact) mass is 469 g/mol. The molecule has 0 bridgehead atoms. The van der Waals surface area contributed by atoms with Gasteiger partial charge in [-0.1, -0.05) is 6.07 Å². The number of rotatable bonds is 6. The molecule has 0 saturated heterocycles. The summed E-state index contributed by atoms with van der Waals surface area (Å²) in [5, 5.41) is 8.14. The summed E-state index contributed by atoms with van der Waals surface area (Å²) >= 11 is 0. The van der Waals surface area contributed by atoms with Crippen molar-refractivity contribution in [1.82, 2.24) is 24.7 Å². The van der Waals surface area contributed by atoms with Crippen molar-refractivity contribution in [2.24, 2.45) is 7.05 Å². The predicted molar refractivity (Wildman–Crippen MR) is 127 cm³/mol. The number of methoxy groups -OCH3 is 1. The zero-order valence-corrected chi connectivity index (χ0v) is 19.0.